The van der Waals surface area contributed by atoms with Crippen LogP contribution < -0.4 is 0 Å². The second-order valence-electron chi connectivity index (χ2n) is 3.70. The smallest absolute Gasteiger partial charge is 0.127 e. The molecule has 0 aliphatic rings. The molecule has 1 aromatic heterocycles. The second kappa shape index (κ2) is 5.25. The van der Waals surface area contributed by atoms with Crippen molar-refractivity contribution in [2.24, 2.45) is 0 Å². The van der Waals surface area contributed by atoms with Gasteiger partial charge in [0.1, 0.15) is 5.82 Å². The zero-order chi connectivity index (χ0) is 12.3. The summed E-state index contributed by atoms with van der Waals surface area (Å²) < 4.78 is 13.5. The van der Waals surface area contributed by atoms with Crippen molar-refractivity contribution in [1.82, 2.24) is 4.98 Å². The highest BCUT2D eigenvalue weighted by molar-refractivity contribution is 6.31. The van der Waals surface area contributed by atoms with Crippen molar-refractivity contribution in [3.8, 4) is 0 Å². The number of halogens is 2. The molecule has 4 heteroatoms. The van der Waals surface area contributed by atoms with E-state index in [4.69, 9.17) is 11.6 Å². The van der Waals surface area contributed by atoms with E-state index in [0.717, 1.165) is 0 Å². The third-order valence-corrected chi connectivity index (χ3v) is 2.90. The molecule has 0 aliphatic carbocycles. The van der Waals surface area contributed by atoms with E-state index >= 15 is 0 Å². The van der Waals surface area contributed by atoms with Crippen LogP contribution in [0.1, 0.15) is 17.2 Å². The summed E-state index contributed by atoms with van der Waals surface area (Å²) >= 11 is 5.90. The van der Waals surface area contributed by atoms with Gasteiger partial charge in [0, 0.05) is 29.4 Å². The molecule has 0 saturated carbocycles. The number of pyridine rings is 1. The lowest BCUT2D eigenvalue weighted by molar-refractivity contribution is 0.177. The number of rotatable bonds is 3. The van der Waals surface area contributed by atoms with Gasteiger partial charge in [-0.1, -0.05) is 17.7 Å². The molecule has 2 rings (SSSR count). The summed E-state index contributed by atoms with van der Waals surface area (Å²) in [6.45, 7) is 0. The Morgan fingerprint density at radius 1 is 1.24 bits per heavy atom. The van der Waals surface area contributed by atoms with Crippen molar-refractivity contribution in [1.29, 1.82) is 0 Å². The summed E-state index contributed by atoms with van der Waals surface area (Å²) in [7, 11) is 0. The lowest BCUT2D eigenvalue weighted by Gasteiger charge is -2.12. The van der Waals surface area contributed by atoms with E-state index in [-0.39, 0.29) is 6.42 Å². The van der Waals surface area contributed by atoms with Gasteiger partial charge in [0.05, 0.1) is 6.10 Å². The molecule has 0 bridgehead atoms. The molecule has 0 radical (unpaired) electrons. The molecule has 1 aromatic carbocycles. The molecule has 1 atom stereocenters. The minimum absolute atomic E-state index is 0.148. The Kier molecular flexibility index (Phi) is 3.71. The van der Waals surface area contributed by atoms with Gasteiger partial charge in [0.15, 0.2) is 0 Å². The van der Waals surface area contributed by atoms with Crippen molar-refractivity contribution in [2.75, 3.05) is 0 Å². The van der Waals surface area contributed by atoms with Gasteiger partial charge in [-0.25, -0.2) is 4.39 Å². The van der Waals surface area contributed by atoms with E-state index in [1.165, 1.54) is 6.07 Å². The van der Waals surface area contributed by atoms with E-state index in [1.54, 1.807) is 36.7 Å². The molecule has 17 heavy (non-hydrogen) atoms. The van der Waals surface area contributed by atoms with Crippen LogP contribution in [-0.2, 0) is 6.42 Å². The van der Waals surface area contributed by atoms with Crippen LogP contribution in [0.2, 0.25) is 5.02 Å². The highest BCUT2D eigenvalue weighted by atomic mass is 35.5. The Labute approximate surface area is 104 Å². The fourth-order valence-electron chi connectivity index (χ4n) is 1.62. The van der Waals surface area contributed by atoms with E-state index in [0.29, 0.717) is 16.1 Å². The lowest BCUT2D eigenvalue weighted by atomic mass is 10.0. The standard InChI is InChI=1S/C13H11ClFNO/c14-11-2-1-3-12(15)10(11)8-13(17)9-4-6-16-7-5-9/h1-7,13,17H,8H2. The largest absolute Gasteiger partial charge is 0.388 e. The van der Waals surface area contributed by atoms with Crippen LogP contribution in [-0.4, -0.2) is 10.1 Å². The van der Waals surface area contributed by atoms with Crippen molar-refractivity contribution in [2.45, 2.75) is 12.5 Å². The summed E-state index contributed by atoms with van der Waals surface area (Å²) in [5, 5.41) is 10.3. The highest BCUT2D eigenvalue weighted by Crippen LogP contribution is 2.25. The number of hydrogen-bond donors (Lipinski definition) is 1. The van der Waals surface area contributed by atoms with Crippen LogP contribution in [0.5, 0.6) is 0 Å². The molecule has 0 amide bonds. The summed E-state index contributed by atoms with van der Waals surface area (Å²) in [6, 6.07) is 7.87. The second-order valence-corrected chi connectivity index (χ2v) is 4.11. The number of aromatic nitrogens is 1. The van der Waals surface area contributed by atoms with Crippen LogP contribution in [0.15, 0.2) is 42.7 Å². The van der Waals surface area contributed by atoms with Gasteiger partial charge in [-0.05, 0) is 29.8 Å². The summed E-state index contributed by atoms with van der Waals surface area (Å²) in [4.78, 5) is 3.86. The average Bonchev–Trinajstić information content (AvgIpc) is 2.35. The number of benzene rings is 1. The minimum atomic E-state index is -0.785. The van der Waals surface area contributed by atoms with Crippen LogP contribution in [0.25, 0.3) is 0 Å². The monoisotopic (exact) mass is 251 g/mol. The molecular formula is C13H11ClFNO. The lowest BCUT2D eigenvalue weighted by Crippen LogP contribution is -2.04. The van der Waals surface area contributed by atoms with E-state index < -0.39 is 11.9 Å². The maximum absolute atomic E-state index is 13.5. The topological polar surface area (TPSA) is 33.1 Å². The number of aliphatic hydroxyl groups is 1. The van der Waals surface area contributed by atoms with Gasteiger partial charge < -0.3 is 5.11 Å². The van der Waals surface area contributed by atoms with Crippen molar-refractivity contribution < 1.29 is 9.50 Å². The maximum Gasteiger partial charge on any atom is 0.127 e. The first kappa shape index (κ1) is 12.0. The van der Waals surface area contributed by atoms with Gasteiger partial charge in [-0.15, -0.1) is 0 Å². The molecule has 2 nitrogen and oxygen atoms in total. The predicted octanol–water partition coefficient (Wildman–Crippen LogP) is 3.15. The molecule has 1 N–H and O–H groups in total. The molecule has 0 saturated heterocycles. The third kappa shape index (κ3) is 2.81. The van der Waals surface area contributed by atoms with Crippen LogP contribution in [0.4, 0.5) is 4.39 Å². The Morgan fingerprint density at radius 2 is 1.94 bits per heavy atom. The maximum atomic E-state index is 13.5. The summed E-state index contributed by atoms with van der Waals surface area (Å²) in [6.07, 6.45) is 2.53. The molecule has 88 valence electrons. The molecule has 1 unspecified atom stereocenters. The first-order chi connectivity index (χ1) is 8.18. The summed E-state index contributed by atoms with van der Waals surface area (Å²) in [5.41, 5.74) is 1.03. The van der Waals surface area contributed by atoms with Crippen molar-refractivity contribution in [3.05, 3.63) is 64.7 Å². The fourth-order valence-corrected chi connectivity index (χ4v) is 1.86. The molecular weight excluding hydrogens is 241 g/mol. The normalized spacial score (nSPS) is 12.4. The molecule has 2 aromatic rings. The molecule has 1 heterocycles. The quantitative estimate of drug-likeness (QED) is 0.909. The SMILES string of the molecule is OC(Cc1c(F)cccc1Cl)c1ccncc1. The van der Waals surface area contributed by atoms with E-state index in [9.17, 15) is 9.50 Å². The van der Waals surface area contributed by atoms with Crippen molar-refractivity contribution >= 4 is 11.6 Å². The van der Waals surface area contributed by atoms with Crippen LogP contribution >= 0.6 is 11.6 Å². The Hall–Kier alpha value is -1.45. The molecule has 0 fully saturated rings. The molecule has 0 aliphatic heterocycles. The first-order valence-corrected chi connectivity index (χ1v) is 5.57. The van der Waals surface area contributed by atoms with Crippen LogP contribution in [0.3, 0.4) is 0 Å². The van der Waals surface area contributed by atoms with Crippen LogP contribution in [0, 0.1) is 5.82 Å². The van der Waals surface area contributed by atoms with E-state index in [1.807, 2.05) is 0 Å². The minimum Gasteiger partial charge on any atom is -0.388 e. The molecule has 0 spiro atoms. The summed E-state index contributed by atoms with van der Waals surface area (Å²) in [5.74, 6) is -0.398. The third-order valence-electron chi connectivity index (χ3n) is 2.55. The van der Waals surface area contributed by atoms with Gasteiger partial charge in [0.2, 0.25) is 0 Å². The Bertz CT molecular complexity index is 484. The van der Waals surface area contributed by atoms with Gasteiger partial charge in [-0.2, -0.15) is 0 Å². The van der Waals surface area contributed by atoms with E-state index in [2.05, 4.69) is 4.98 Å². The number of nitrogens with zero attached hydrogens (tertiary/aromatic N) is 1. The van der Waals surface area contributed by atoms with Gasteiger partial charge in [-0.3, -0.25) is 4.98 Å². The zero-order valence-corrected chi connectivity index (χ0v) is 9.73. The zero-order valence-electron chi connectivity index (χ0n) is 8.98. The Balaban J connectivity index is 2.22. The van der Waals surface area contributed by atoms with Crippen molar-refractivity contribution in [3.63, 3.8) is 0 Å². The predicted molar refractivity (Wildman–Crippen MR) is 64.3 cm³/mol. The highest BCUT2D eigenvalue weighted by Gasteiger charge is 2.14. The fraction of sp³-hybridized carbons (Fsp3) is 0.154. The average molecular weight is 252 g/mol. The Morgan fingerprint density at radius 3 is 2.59 bits per heavy atom. The first-order valence-electron chi connectivity index (χ1n) is 5.19. The van der Waals surface area contributed by atoms with Gasteiger partial charge in [0.25, 0.3) is 0 Å². The number of hydrogen-bond acceptors (Lipinski definition) is 2. The van der Waals surface area contributed by atoms with Gasteiger partial charge >= 0.3 is 0 Å². The number of aliphatic hydroxyl groups excluding tert-OH is 1.